The third-order valence-electron chi connectivity index (χ3n) is 12.7. The fraction of sp³-hybridized carbons (Fsp3) is 0.939. The number of unbranched alkanes of at least 4 members (excludes halogenated alkanes) is 26. The number of nitrogens with one attached hydrogen (secondary N) is 1. The van der Waals surface area contributed by atoms with Gasteiger partial charge in [0.25, 0.3) is 0 Å². The zero-order chi connectivity index (χ0) is 46.1. The van der Waals surface area contributed by atoms with Crippen molar-refractivity contribution in [1.82, 2.24) is 5.32 Å². The Morgan fingerprint density at radius 3 is 1.46 bits per heavy atom. The monoisotopic (exact) mass is 904 g/mol. The van der Waals surface area contributed by atoms with Gasteiger partial charge in [-0.15, -0.1) is 0 Å². The maximum atomic E-state index is 13.2. The molecule has 0 aromatic carbocycles. The summed E-state index contributed by atoms with van der Waals surface area (Å²) in [4.78, 5) is 13.2. The van der Waals surface area contributed by atoms with Gasteiger partial charge in [0.2, 0.25) is 5.91 Å². The first kappa shape index (κ1) is 57.9. The van der Waals surface area contributed by atoms with Crippen LogP contribution in [-0.2, 0) is 23.7 Å². The minimum atomic E-state index is -1.78. The Hall–Kier alpha value is -1.27. The van der Waals surface area contributed by atoms with E-state index in [9.17, 15) is 45.6 Å². The number of amides is 1. The summed E-state index contributed by atoms with van der Waals surface area (Å²) in [6.07, 6.45) is 21.0. The molecule has 0 aliphatic carbocycles. The van der Waals surface area contributed by atoms with Crippen molar-refractivity contribution in [2.24, 2.45) is 0 Å². The Balaban J connectivity index is 1.85. The lowest BCUT2D eigenvalue weighted by Gasteiger charge is -2.46. The average Bonchev–Trinajstić information content (AvgIpc) is 3.28. The molecule has 2 saturated heterocycles. The molecule has 2 fully saturated rings. The summed E-state index contributed by atoms with van der Waals surface area (Å²) in [7, 11) is 0. The molecule has 12 atom stereocenters. The molecule has 63 heavy (non-hydrogen) atoms. The second-order valence-electron chi connectivity index (χ2n) is 18.3. The Kier molecular flexibility index (Phi) is 33.8. The van der Waals surface area contributed by atoms with E-state index in [4.69, 9.17) is 18.9 Å². The maximum absolute atomic E-state index is 13.2. The number of aliphatic hydroxyl groups is 8. The number of carbonyl (C=O) groups is 1. The standard InChI is InChI=1S/C49H93NO13/c1-3-5-7-9-11-13-15-17-18-19-21-23-25-27-29-31-33-41(54)50-37(38(53)32-30-28-26-24-22-20-16-14-12-10-8-6-4-2)36-60-48-46(59)44(57)47(40(35-52)62-48)63-49-45(58)43(56)42(55)39(34-51)61-49/h30,32,37-40,42-49,51-53,55-59H,3-29,31,33-36H2,1-2H3,(H,50,54)/b32-30+. The summed E-state index contributed by atoms with van der Waals surface area (Å²) in [5, 5.41) is 86.7. The van der Waals surface area contributed by atoms with Crippen molar-refractivity contribution in [3.8, 4) is 0 Å². The second-order valence-corrected chi connectivity index (χ2v) is 18.3. The number of rotatable bonds is 39. The third-order valence-corrected chi connectivity index (χ3v) is 12.7. The molecule has 0 bridgehead atoms. The lowest BCUT2D eigenvalue weighted by atomic mass is 9.97. The lowest BCUT2D eigenvalue weighted by molar-refractivity contribution is -0.359. The van der Waals surface area contributed by atoms with Crippen LogP contribution in [-0.4, -0.2) is 140 Å². The van der Waals surface area contributed by atoms with Crippen LogP contribution in [0.25, 0.3) is 0 Å². The van der Waals surface area contributed by atoms with Gasteiger partial charge in [0, 0.05) is 6.42 Å². The van der Waals surface area contributed by atoms with E-state index in [1.165, 1.54) is 135 Å². The molecule has 2 aliphatic rings. The fourth-order valence-corrected chi connectivity index (χ4v) is 8.53. The van der Waals surface area contributed by atoms with Gasteiger partial charge in [-0.3, -0.25) is 4.79 Å². The van der Waals surface area contributed by atoms with Gasteiger partial charge < -0.3 is 65.1 Å². The van der Waals surface area contributed by atoms with Gasteiger partial charge in [0.1, 0.15) is 48.8 Å². The van der Waals surface area contributed by atoms with Gasteiger partial charge in [-0.25, -0.2) is 0 Å². The van der Waals surface area contributed by atoms with E-state index in [1.807, 2.05) is 6.08 Å². The first-order valence-electron chi connectivity index (χ1n) is 25.4. The Bertz CT molecular complexity index is 1120. The van der Waals surface area contributed by atoms with Crippen molar-refractivity contribution >= 4 is 5.91 Å². The highest BCUT2D eigenvalue weighted by molar-refractivity contribution is 5.76. The summed E-state index contributed by atoms with van der Waals surface area (Å²) >= 11 is 0. The van der Waals surface area contributed by atoms with Gasteiger partial charge >= 0.3 is 0 Å². The summed E-state index contributed by atoms with van der Waals surface area (Å²) in [6, 6.07) is -0.907. The highest BCUT2D eigenvalue weighted by Crippen LogP contribution is 2.30. The molecule has 1 amide bonds. The number of ether oxygens (including phenoxy) is 4. The molecule has 9 N–H and O–H groups in total. The Morgan fingerprint density at radius 1 is 0.556 bits per heavy atom. The smallest absolute Gasteiger partial charge is 0.220 e. The van der Waals surface area contributed by atoms with E-state index in [1.54, 1.807) is 6.08 Å². The Labute approximate surface area is 380 Å². The topological polar surface area (TPSA) is 228 Å². The van der Waals surface area contributed by atoms with E-state index < -0.39 is 86.8 Å². The van der Waals surface area contributed by atoms with Crippen LogP contribution in [0.4, 0.5) is 0 Å². The minimum absolute atomic E-state index is 0.238. The summed E-state index contributed by atoms with van der Waals surface area (Å²) in [6.45, 7) is 2.78. The van der Waals surface area contributed by atoms with E-state index in [2.05, 4.69) is 19.2 Å². The second kappa shape index (κ2) is 36.8. The molecule has 0 aromatic heterocycles. The molecule has 14 nitrogen and oxygen atoms in total. The van der Waals surface area contributed by atoms with Crippen LogP contribution in [0.1, 0.15) is 200 Å². The Morgan fingerprint density at radius 2 is 0.984 bits per heavy atom. The van der Waals surface area contributed by atoms with Crippen LogP contribution in [0, 0.1) is 0 Å². The minimum Gasteiger partial charge on any atom is -0.394 e. The first-order chi connectivity index (χ1) is 30.6. The molecule has 0 aromatic rings. The molecule has 14 heteroatoms. The van der Waals surface area contributed by atoms with Gasteiger partial charge in [0.15, 0.2) is 12.6 Å². The molecular weight excluding hydrogens is 811 g/mol. The number of carbonyl (C=O) groups excluding carboxylic acids is 1. The lowest BCUT2D eigenvalue weighted by Crippen LogP contribution is -2.65. The number of allylic oxidation sites excluding steroid dienone is 1. The average molecular weight is 904 g/mol. The molecule has 2 rings (SSSR count). The van der Waals surface area contributed by atoms with Gasteiger partial charge in [-0.1, -0.05) is 187 Å². The van der Waals surface area contributed by atoms with Crippen molar-refractivity contribution in [1.29, 1.82) is 0 Å². The fourth-order valence-electron chi connectivity index (χ4n) is 8.53. The van der Waals surface area contributed by atoms with Crippen molar-refractivity contribution in [2.45, 2.75) is 274 Å². The molecular formula is C49H93NO13. The summed E-state index contributed by atoms with van der Waals surface area (Å²) < 4.78 is 22.7. The van der Waals surface area contributed by atoms with Crippen LogP contribution >= 0.6 is 0 Å². The van der Waals surface area contributed by atoms with Gasteiger partial charge in [-0.05, 0) is 19.3 Å². The largest absolute Gasteiger partial charge is 0.394 e. The summed E-state index contributed by atoms with van der Waals surface area (Å²) in [5.41, 5.74) is 0. The van der Waals surface area contributed by atoms with Crippen LogP contribution in [0.2, 0.25) is 0 Å². The summed E-state index contributed by atoms with van der Waals surface area (Å²) in [5.74, 6) is -0.238. The zero-order valence-electron chi connectivity index (χ0n) is 39.3. The number of hydrogen-bond acceptors (Lipinski definition) is 13. The van der Waals surface area contributed by atoms with E-state index in [0.717, 1.165) is 38.5 Å². The molecule has 12 unspecified atom stereocenters. The van der Waals surface area contributed by atoms with Crippen molar-refractivity contribution in [3.05, 3.63) is 12.2 Å². The normalized spacial score (nSPS) is 27.5. The molecule has 2 heterocycles. The van der Waals surface area contributed by atoms with Gasteiger partial charge in [0.05, 0.1) is 32.0 Å². The van der Waals surface area contributed by atoms with Crippen LogP contribution in [0.15, 0.2) is 12.2 Å². The predicted molar refractivity (Wildman–Crippen MR) is 245 cm³/mol. The highest BCUT2D eigenvalue weighted by atomic mass is 16.7. The maximum Gasteiger partial charge on any atom is 0.220 e. The molecule has 2 aliphatic heterocycles. The molecule has 0 radical (unpaired) electrons. The first-order valence-corrected chi connectivity index (χ1v) is 25.4. The van der Waals surface area contributed by atoms with Crippen LogP contribution in [0.5, 0.6) is 0 Å². The number of aliphatic hydroxyl groups excluding tert-OH is 8. The molecule has 372 valence electrons. The van der Waals surface area contributed by atoms with Gasteiger partial charge in [-0.2, -0.15) is 0 Å². The van der Waals surface area contributed by atoms with E-state index >= 15 is 0 Å². The zero-order valence-corrected chi connectivity index (χ0v) is 39.3. The highest BCUT2D eigenvalue weighted by Gasteiger charge is 2.51. The van der Waals surface area contributed by atoms with E-state index in [-0.39, 0.29) is 18.9 Å². The molecule has 0 saturated carbocycles. The van der Waals surface area contributed by atoms with E-state index in [0.29, 0.717) is 6.42 Å². The third kappa shape index (κ3) is 24.4. The number of hydrogen-bond donors (Lipinski definition) is 9. The van der Waals surface area contributed by atoms with Crippen molar-refractivity contribution in [2.75, 3.05) is 19.8 Å². The molecule has 0 spiro atoms. The quantitative estimate of drug-likeness (QED) is 0.0241. The van der Waals surface area contributed by atoms with Crippen LogP contribution in [0.3, 0.4) is 0 Å². The van der Waals surface area contributed by atoms with Crippen LogP contribution < -0.4 is 5.32 Å². The SMILES string of the molecule is CCCCCCCCCCCCC/C=C/C(O)C(COC1OC(CO)C(OC2OC(CO)C(O)C(O)C2O)C(O)C1O)NC(=O)CCCCCCCCCCCCCCCCCC. The van der Waals surface area contributed by atoms with Crippen molar-refractivity contribution < 1.29 is 64.6 Å². The predicted octanol–water partition coefficient (Wildman–Crippen LogP) is 6.38. The van der Waals surface area contributed by atoms with Crippen molar-refractivity contribution in [3.63, 3.8) is 0 Å².